The first-order valence-corrected chi connectivity index (χ1v) is 5.52. The molecule has 7 nitrogen and oxygen atoms in total. The number of rotatable bonds is 4. The second-order valence-electron chi connectivity index (χ2n) is 3.72. The standard InChI is InChI=1S/C11H14N6O/c1-7(10-13-5-6-14-10)15-9-4-3-8(16-17-9)11(18)12-2/h3-7H,1-2H3,(H,12,18)(H,13,14)(H,15,17). The van der Waals surface area contributed by atoms with E-state index in [2.05, 4.69) is 30.8 Å². The molecule has 0 fully saturated rings. The first-order chi connectivity index (χ1) is 8.70. The smallest absolute Gasteiger partial charge is 0.271 e. The highest BCUT2D eigenvalue weighted by Crippen LogP contribution is 2.13. The molecule has 2 aromatic heterocycles. The zero-order chi connectivity index (χ0) is 13.0. The second-order valence-corrected chi connectivity index (χ2v) is 3.72. The van der Waals surface area contributed by atoms with Crippen LogP contribution in [0.5, 0.6) is 0 Å². The molecule has 3 N–H and O–H groups in total. The molecule has 0 saturated heterocycles. The fraction of sp³-hybridized carbons (Fsp3) is 0.273. The monoisotopic (exact) mass is 246 g/mol. The number of carbonyl (C=O) groups is 1. The Kier molecular flexibility index (Phi) is 3.52. The van der Waals surface area contributed by atoms with E-state index in [9.17, 15) is 4.79 Å². The van der Waals surface area contributed by atoms with Crippen LogP contribution < -0.4 is 10.6 Å². The summed E-state index contributed by atoms with van der Waals surface area (Å²) >= 11 is 0. The van der Waals surface area contributed by atoms with Crippen molar-refractivity contribution in [3.05, 3.63) is 36.0 Å². The van der Waals surface area contributed by atoms with Gasteiger partial charge in [-0.25, -0.2) is 4.98 Å². The molecule has 2 rings (SSSR count). The van der Waals surface area contributed by atoms with Crippen molar-refractivity contribution in [2.45, 2.75) is 13.0 Å². The molecule has 0 spiro atoms. The van der Waals surface area contributed by atoms with Crippen molar-refractivity contribution in [3.63, 3.8) is 0 Å². The van der Waals surface area contributed by atoms with Crippen molar-refractivity contribution < 1.29 is 4.79 Å². The number of hydrogen-bond donors (Lipinski definition) is 3. The summed E-state index contributed by atoms with van der Waals surface area (Å²) in [5.41, 5.74) is 0.286. The van der Waals surface area contributed by atoms with Crippen LogP contribution in [0, 0.1) is 0 Å². The van der Waals surface area contributed by atoms with Crippen molar-refractivity contribution in [1.82, 2.24) is 25.5 Å². The van der Waals surface area contributed by atoms with Gasteiger partial charge in [-0.15, -0.1) is 10.2 Å². The van der Waals surface area contributed by atoms with E-state index in [1.165, 1.54) is 0 Å². The number of anilines is 1. The molecule has 0 radical (unpaired) electrons. The van der Waals surface area contributed by atoms with Crippen LogP contribution >= 0.6 is 0 Å². The van der Waals surface area contributed by atoms with Crippen LogP contribution in [0.25, 0.3) is 0 Å². The van der Waals surface area contributed by atoms with Crippen LogP contribution in [0.4, 0.5) is 5.82 Å². The Morgan fingerprint density at radius 1 is 1.39 bits per heavy atom. The highest BCUT2D eigenvalue weighted by molar-refractivity contribution is 5.91. The summed E-state index contributed by atoms with van der Waals surface area (Å²) in [5, 5.41) is 13.4. The van der Waals surface area contributed by atoms with Gasteiger partial charge in [0.2, 0.25) is 0 Å². The molecule has 7 heteroatoms. The predicted octanol–water partition coefficient (Wildman–Crippen LogP) is 0.732. The van der Waals surface area contributed by atoms with Crippen LogP contribution in [0.1, 0.15) is 29.3 Å². The van der Waals surface area contributed by atoms with E-state index in [1.807, 2.05) is 6.92 Å². The summed E-state index contributed by atoms with van der Waals surface area (Å²) in [4.78, 5) is 18.4. The van der Waals surface area contributed by atoms with Crippen LogP contribution in [0.3, 0.4) is 0 Å². The number of aromatic amines is 1. The fourth-order valence-corrected chi connectivity index (χ4v) is 1.46. The lowest BCUT2D eigenvalue weighted by Crippen LogP contribution is -2.20. The summed E-state index contributed by atoms with van der Waals surface area (Å²) in [6, 6.07) is 3.31. The molecule has 2 aromatic rings. The van der Waals surface area contributed by atoms with Crippen LogP contribution in [-0.2, 0) is 0 Å². The zero-order valence-corrected chi connectivity index (χ0v) is 10.1. The van der Waals surface area contributed by atoms with E-state index >= 15 is 0 Å². The SMILES string of the molecule is CNC(=O)c1ccc(NC(C)c2ncc[nH]2)nn1. The van der Waals surface area contributed by atoms with Crippen LogP contribution in [0.15, 0.2) is 24.5 Å². The van der Waals surface area contributed by atoms with Gasteiger partial charge in [0.25, 0.3) is 5.91 Å². The van der Waals surface area contributed by atoms with E-state index in [4.69, 9.17) is 0 Å². The largest absolute Gasteiger partial charge is 0.359 e. The average molecular weight is 246 g/mol. The Morgan fingerprint density at radius 3 is 2.78 bits per heavy atom. The molecule has 0 bridgehead atoms. The topological polar surface area (TPSA) is 95.6 Å². The van der Waals surface area contributed by atoms with Crippen molar-refractivity contribution in [2.24, 2.45) is 0 Å². The molecular formula is C11H14N6O. The summed E-state index contributed by atoms with van der Waals surface area (Å²) in [5.74, 6) is 1.15. The summed E-state index contributed by atoms with van der Waals surface area (Å²) < 4.78 is 0. The number of nitrogens with zero attached hydrogens (tertiary/aromatic N) is 3. The Hall–Kier alpha value is -2.44. The van der Waals surface area contributed by atoms with Gasteiger partial charge in [-0.05, 0) is 19.1 Å². The van der Waals surface area contributed by atoms with Gasteiger partial charge in [-0.1, -0.05) is 0 Å². The minimum Gasteiger partial charge on any atom is -0.359 e. The summed E-state index contributed by atoms with van der Waals surface area (Å²) in [6.45, 7) is 1.95. The first kappa shape index (κ1) is 12.0. The number of nitrogens with one attached hydrogen (secondary N) is 3. The Labute approximate surface area is 104 Å². The van der Waals surface area contributed by atoms with Gasteiger partial charge in [-0.3, -0.25) is 4.79 Å². The molecule has 1 unspecified atom stereocenters. The normalized spacial score (nSPS) is 11.9. The number of carbonyl (C=O) groups excluding carboxylic acids is 1. The Bertz CT molecular complexity index is 507. The third-order valence-corrected chi connectivity index (χ3v) is 2.42. The highest BCUT2D eigenvalue weighted by atomic mass is 16.1. The van der Waals surface area contributed by atoms with Gasteiger partial charge in [0.05, 0.1) is 6.04 Å². The number of imidazole rings is 1. The fourth-order valence-electron chi connectivity index (χ4n) is 1.46. The van der Waals surface area contributed by atoms with E-state index in [-0.39, 0.29) is 17.6 Å². The predicted molar refractivity (Wildman–Crippen MR) is 66.0 cm³/mol. The minimum atomic E-state index is -0.256. The Balaban J connectivity index is 2.04. The molecule has 0 aliphatic rings. The third-order valence-electron chi connectivity index (χ3n) is 2.42. The van der Waals surface area contributed by atoms with E-state index < -0.39 is 0 Å². The van der Waals surface area contributed by atoms with Crippen molar-refractivity contribution >= 4 is 11.7 Å². The maximum atomic E-state index is 11.3. The summed E-state index contributed by atoms with van der Waals surface area (Å²) in [6.07, 6.45) is 3.45. The van der Waals surface area contributed by atoms with E-state index in [0.717, 1.165) is 5.82 Å². The average Bonchev–Trinajstić information content (AvgIpc) is 2.92. The highest BCUT2D eigenvalue weighted by Gasteiger charge is 2.09. The molecule has 1 atom stereocenters. The van der Waals surface area contributed by atoms with Gasteiger partial charge in [0.1, 0.15) is 11.6 Å². The minimum absolute atomic E-state index is 0.0137. The maximum Gasteiger partial charge on any atom is 0.271 e. The number of amides is 1. The molecular weight excluding hydrogens is 232 g/mol. The second kappa shape index (κ2) is 5.26. The molecule has 2 heterocycles. The Morgan fingerprint density at radius 2 is 2.22 bits per heavy atom. The molecule has 0 aliphatic heterocycles. The maximum absolute atomic E-state index is 11.3. The van der Waals surface area contributed by atoms with Crippen molar-refractivity contribution in [1.29, 1.82) is 0 Å². The molecule has 0 aromatic carbocycles. The van der Waals surface area contributed by atoms with Gasteiger partial charge < -0.3 is 15.6 Å². The summed E-state index contributed by atoms with van der Waals surface area (Å²) in [7, 11) is 1.55. The van der Waals surface area contributed by atoms with Gasteiger partial charge in [-0.2, -0.15) is 0 Å². The molecule has 18 heavy (non-hydrogen) atoms. The van der Waals surface area contributed by atoms with Gasteiger partial charge >= 0.3 is 0 Å². The molecule has 0 saturated carbocycles. The van der Waals surface area contributed by atoms with Crippen LogP contribution in [0.2, 0.25) is 0 Å². The lowest BCUT2D eigenvalue weighted by Gasteiger charge is -2.11. The van der Waals surface area contributed by atoms with Crippen LogP contribution in [-0.4, -0.2) is 33.1 Å². The lowest BCUT2D eigenvalue weighted by molar-refractivity contribution is 0.0957. The lowest BCUT2D eigenvalue weighted by atomic mass is 10.3. The zero-order valence-electron chi connectivity index (χ0n) is 10.1. The quantitative estimate of drug-likeness (QED) is 0.739. The molecule has 1 amide bonds. The number of aromatic nitrogens is 4. The molecule has 0 aliphatic carbocycles. The molecule has 94 valence electrons. The van der Waals surface area contributed by atoms with E-state index in [0.29, 0.717) is 5.82 Å². The number of H-pyrrole nitrogens is 1. The van der Waals surface area contributed by atoms with E-state index in [1.54, 1.807) is 31.6 Å². The van der Waals surface area contributed by atoms with Crippen molar-refractivity contribution in [2.75, 3.05) is 12.4 Å². The number of hydrogen-bond acceptors (Lipinski definition) is 5. The van der Waals surface area contributed by atoms with Crippen molar-refractivity contribution in [3.8, 4) is 0 Å². The van der Waals surface area contributed by atoms with Gasteiger partial charge in [0.15, 0.2) is 5.69 Å². The third kappa shape index (κ3) is 2.62. The van der Waals surface area contributed by atoms with Gasteiger partial charge in [0, 0.05) is 19.4 Å². The first-order valence-electron chi connectivity index (χ1n) is 5.52.